The van der Waals surface area contributed by atoms with Crippen LogP contribution in [0.5, 0.6) is 0 Å². The van der Waals surface area contributed by atoms with Gasteiger partial charge in [0.25, 0.3) is 0 Å². The van der Waals surface area contributed by atoms with E-state index in [0.717, 1.165) is 35.8 Å². The van der Waals surface area contributed by atoms with Crippen LogP contribution in [0.1, 0.15) is 44.9 Å². The summed E-state index contributed by atoms with van der Waals surface area (Å²) in [5.74, 6) is 7.24. The maximum Gasteiger partial charge on any atom is 0.0161 e. The van der Waals surface area contributed by atoms with E-state index in [1.54, 1.807) is 19.3 Å². The first kappa shape index (κ1) is 11.2. The summed E-state index contributed by atoms with van der Waals surface area (Å²) in [7, 11) is 0. The summed E-state index contributed by atoms with van der Waals surface area (Å²) in [6.45, 7) is 0. The lowest BCUT2D eigenvalue weighted by Gasteiger charge is -2.35. The summed E-state index contributed by atoms with van der Waals surface area (Å²) < 4.78 is 0. The topological polar surface area (TPSA) is 12.0 Å². The molecule has 0 aromatic heterocycles. The molecule has 0 aromatic rings. The fourth-order valence-corrected chi connectivity index (χ4v) is 6.52. The first-order chi connectivity index (χ1) is 8.42. The molecule has 3 aliphatic carbocycles. The van der Waals surface area contributed by atoms with E-state index in [4.69, 9.17) is 0 Å². The summed E-state index contributed by atoms with van der Waals surface area (Å²) in [5.41, 5.74) is 0. The van der Waals surface area contributed by atoms with Gasteiger partial charge in [0.15, 0.2) is 0 Å². The third-order valence-electron chi connectivity index (χ3n) is 6.04. The molecule has 0 spiro atoms. The van der Waals surface area contributed by atoms with Crippen LogP contribution in [0.25, 0.3) is 0 Å². The smallest absolute Gasteiger partial charge is 0.0161 e. The number of thioether (sulfide) groups is 1. The van der Waals surface area contributed by atoms with Gasteiger partial charge < -0.3 is 5.32 Å². The monoisotopic (exact) mass is 251 g/mol. The highest BCUT2D eigenvalue weighted by Crippen LogP contribution is 2.58. The zero-order valence-corrected chi connectivity index (χ0v) is 11.6. The highest BCUT2D eigenvalue weighted by molar-refractivity contribution is 7.99. The van der Waals surface area contributed by atoms with Gasteiger partial charge in [-0.3, -0.25) is 0 Å². The van der Waals surface area contributed by atoms with Crippen LogP contribution in [0.4, 0.5) is 0 Å². The second kappa shape index (κ2) is 4.45. The Hall–Kier alpha value is 0.310. The van der Waals surface area contributed by atoms with Gasteiger partial charge in [0, 0.05) is 17.8 Å². The van der Waals surface area contributed by atoms with Crippen molar-refractivity contribution in [1.82, 2.24) is 5.32 Å². The standard InChI is InChI=1S/C15H25NS/c1-4-12-10-7-14(13(12)5-1)15(8-10)16-11-3-2-6-17-9-11/h10-16H,1-9H2. The molecule has 6 unspecified atom stereocenters. The van der Waals surface area contributed by atoms with E-state index in [1.807, 2.05) is 0 Å². The normalized spacial score (nSPS) is 52.9. The van der Waals surface area contributed by atoms with E-state index in [-0.39, 0.29) is 0 Å². The Labute approximate surface area is 109 Å². The predicted octanol–water partition coefficient (Wildman–Crippen LogP) is 3.30. The Balaban J connectivity index is 1.40. The van der Waals surface area contributed by atoms with Gasteiger partial charge in [-0.15, -0.1) is 0 Å². The highest BCUT2D eigenvalue weighted by atomic mass is 32.2. The summed E-state index contributed by atoms with van der Waals surface area (Å²) >= 11 is 2.16. The third-order valence-corrected chi connectivity index (χ3v) is 7.25. The molecule has 0 aromatic carbocycles. The zero-order valence-electron chi connectivity index (χ0n) is 10.7. The molecule has 96 valence electrons. The molecule has 1 aliphatic heterocycles. The molecule has 4 rings (SSSR count). The summed E-state index contributed by atoms with van der Waals surface area (Å²) in [6, 6.07) is 1.75. The molecule has 1 N–H and O–H groups in total. The van der Waals surface area contributed by atoms with E-state index in [9.17, 15) is 0 Å². The lowest BCUT2D eigenvalue weighted by molar-refractivity contribution is 0.198. The van der Waals surface area contributed by atoms with Gasteiger partial charge in [-0.05, 0) is 67.9 Å². The van der Waals surface area contributed by atoms with Crippen LogP contribution in [-0.4, -0.2) is 23.6 Å². The minimum Gasteiger partial charge on any atom is -0.310 e. The van der Waals surface area contributed by atoms with E-state index >= 15 is 0 Å². The van der Waals surface area contributed by atoms with Crippen molar-refractivity contribution in [3.63, 3.8) is 0 Å². The Morgan fingerprint density at radius 1 is 0.882 bits per heavy atom. The average molecular weight is 251 g/mol. The largest absolute Gasteiger partial charge is 0.310 e. The van der Waals surface area contributed by atoms with Crippen molar-refractivity contribution in [3.05, 3.63) is 0 Å². The molecule has 17 heavy (non-hydrogen) atoms. The van der Waals surface area contributed by atoms with Crippen LogP contribution < -0.4 is 5.32 Å². The molecule has 2 bridgehead atoms. The zero-order chi connectivity index (χ0) is 11.2. The average Bonchev–Trinajstić information content (AvgIpc) is 3.01. The summed E-state index contributed by atoms with van der Waals surface area (Å²) in [6.07, 6.45) is 10.6. The van der Waals surface area contributed by atoms with E-state index in [2.05, 4.69) is 17.1 Å². The molecular weight excluding hydrogens is 226 g/mol. The fraction of sp³-hybridized carbons (Fsp3) is 1.00. The van der Waals surface area contributed by atoms with Crippen LogP contribution in [0, 0.1) is 23.7 Å². The van der Waals surface area contributed by atoms with Crippen molar-refractivity contribution in [2.45, 2.75) is 57.0 Å². The molecule has 2 heteroatoms. The Kier molecular flexibility index (Phi) is 2.92. The SMILES string of the molecule is C1CSCC(NC2CC3CC2C2CCCC32)C1. The van der Waals surface area contributed by atoms with Crippen molar-refractivity contribution in [3.8, 4) is 0 Å². The number of hydrogen-bond donors (Lipinski definition) is 1. The maximum atomic E-state index is 4.04. The van der Waals surface area contributed by atoms with Gasteiger partial charge in [-0.25, -0.2) is 0 Å². The Bertz CT molecular complexity index is 287. The number of rotatable bonds is 2. The lowest BCUT2D eigenvalue weighted by Crippen LogP contribution is -2.46. The van der Waals surface area contributed by atoms with Crippen LogP contribution in [0.15, 0.2) is 0 Å². The van der Waals surface area contributed by atoms with E-state index in [1.165, 1.54) is 37.2 Å². The predicted molar refractivity (Wildman–Crippen MR) is 74.3 cm³/mol. The lowest BCUT2D eigenvalue weighted by atomic mass is 9.79. The molecule has 3 saturated carbocycles. The van der Waals surface area contributed by atoms with Gasteiger partial charge in [0.1, 0.15) is 0 Å². The van der Waals surface area contributed by atoms with Crippen LogP contribution in [-0.2, 0) is 0 Å². The van der Waals surface area contributed by atoms with Crippen molar-refractivity contribution < 1.29 is 0 Å². The molecule has 1 nitrogen and oxygen atoms in total. The number of hydrogen-bond acceptors (Lipinski definition) is 2. The van der Waals surface area contributed by atoms with Crippen LogP contribution in [0.3, 0.4) is 0 Å². The number of fused-ring (bicyclic) bond motifs is 5. The second-order valence-corrected chi connectivity index (χ2v) is 7.99. The maximum absolute atomic E-state index is 4.04. The van der Waals surface area contributed by atoms with Gasteiger partial charge in [0.2, 0.25) is 0 Å². The van der Waals surface area contributed by atoms with Gasteiger partial charge in [-0.1, -0.05) is 6.42 Å². The van der Waals surface area contributed by atoms with Crippen LogP contribution >= 0.6 is 11.8 Å². The molecule has 0 amide bonds. The summed E-state index contributed by atoms with van der Waals surface area (Å²) in [5, 5.41) is 4.04. The first-order valence-corrected chi connectivity index (χ1v) is 8.91. The molecule has 0 radical (unpaired) electrons. The highest BCUT2D eigenvalue weighted by Gasteiger charge is 2.53. The van der Waals surface area contributed by atoms with Crippen molar-refractivity contribution in [2.24, 2.45) is 23.7 Å². The minimum atomic E-state index is 0.845. The third kappa shape index (κ3) is 1.87. The molecular formula is C15H25NS. The number of nitrogens with one attached hydrogen (secondary N) is 1. The Morgan fingerprint density at radius 2 is 1.82 bits per heavy atom. The fourth-order valence-electron chi connectivity index (χ4n) is 5.43. The first-order valence-electron chi connectivity index (χ1n) is 7.75. The van der Waals surface area contributed by atoms with Gasteiger partial charge in [-0.2, -0.15) is 11.8 Å². The van der Waals surface area contributed by atoms with Crippen molar-refractivity contribution >= 4 is 11.8 Å². The quantitative estimate of drug-likeness (QED) is 0.808. The Morgan fingerprint density at radius 3 is 2.71 bits per heavy atom. The minimum absolute atomic E-state index is 0.845. The summed E-state index contributed by atoms with van der Waals surface area (Å²) in [4.78, 5) is 0. The van der Waals surface area contributed by atoms with Gasteiger partial charge in [0.05, 0.1) is 0 Å². The van der Waals surface area contributed by atoms with E-state index < -0.39 is 0 Å². The van der Waals surface area contributed by atoms with Crippen LogP contribution in [0.2, 0.25) is 0 Å². The molecule has 4 fully saturated rings. The van der Waals surface area contributed by atoms with Crippen molar-refractivity contribution in [2.75, 3.05) is 11.5 Å². The molecule has 6 atom stereocenters. The molecule has 1 saturated heterocycles. The molecule has 4 aliphatic rings. The van der Waals surface area contributed by atoms with Crippen molar-refractivity contribution in [1.29, 1.82) is 0 Å². The van der Waals surface area contributed by atoms with Gasteiger partial charge >= 0.3 is 0 Å². The second-order valence-electron chi connectivity index (χ2n) is 6.84. The van der Waals surface area contributed by atoms with E-state index in [0.29, 0.717) is 0 Å². The molecule has 1 heterocycles.